The molecule has 150 valence electrons. The van der Waals surface area contributed by atoms with Gasteiger partial charge < -0.3 is 20.5 Å². The lowest BCUT2D eigenvalue weighted by molar-refractivity contribution is -0.138. The Kier molecular flexibility index (Phi) is 8.83. The minimum absolute atomic E-state index is 0.0923. The van der Waals surface area contributed by atoms with Crippen LogP contribution >= 0.6 is 0 Å². The predicted molar refractivity (Wildman–Crippen MR) is 94.5 cm³/mol. The summed E-state index contributed by atoms with van der Waals surface area (Å²) in [6, 6.07) is -1.89. The van der Waals surface area contributed by atoms with Crippen LogP contribution in [0.1, 0.15) is 52.4 Å². The van der Waals surface area contributed by atoms with Gasteiger partial charge >= 0.3 is 12.1 Å². The molecule has 1 aliphatic rings. The van der Waals surface area contributed by atoms with Crippen molar-refractivity contribution < 1.29 is 32.6 Å². The standard InChI is InChI=1S/C16H28N2O7S/c1-3-5-12(6-4-2)26(23,24)10-13(15(20)21)18-16(22)25-9-11-7-8-14(19)17-11/h11-13H,3-10H2,1-2H3,(H,17,19)(H,18,22)(H,20,21)/t11-,13+/m1/s1. The summed E-state index contributed by atoms with van der Waals surface area (Å²) >= 11 is 0. The summed E-state index contributed by atoms with van der Waals surface area (Å²) in [6.45, 7) is 3.64. The third-order valence-corrected chi connectivity index (χ3v) is 6.50. The molecule has 0 unspecified atom stereocenters. The van der Waals surface area contributed by atoms with Crippen molar-refractivity contribution in [3.63, 3.8) is 0 Å². The van der Waals surface area contributed by atoms with Crippen LogP contribution in [-0.2, 0) is 24.2 Å². The smallest absolute Gasteiger partial charge is 0.407 e. The van der Waals surface area contributed by atoms with Gasteiger partial charge in [-0.2, -0.15) is 0 Å². The van der Waals surface area contributed by atoms with E-state index in [1.165, 1.54) is 0 Å². The number of sulfone groups is 1. The van der Waals surface area contributed by atoms with Crippen molar-refractivity contribution in [2.45, 2.75) is 69.7 Å². The van der Waals surface area contributed by atoms with Crippen LogP contribution in [0.15, 0.2) is 0 Å². The van der Waals surface area contributed by atoms with Gasteiger partial charge in [0.15, 0.2) is 9.84 Å². The fourth-order valence-corrected chi connectivity index (χ4v) is 5.01. The van der Waals surface area contributed by atoms with E-state index < -0.39 is 38.9 Å². The summed E-state index contributed by atoms with van der Waals surface area (Å²) in [4.78, 5) is 34.2. The quantitative estimate of drug-likeness (QED) is 0.473. The van der Waals surface area contributed by atoms with Gasteiger partial charge in [0.1, 0.15) is 12.6 Å². The first-order chi connectivity index (χ1) is 12.2. The molecule has 1 heterocycles. The maximum atomic E-state index is 12.5. The van der Waals surface area contributed by atoms with E-state index in [-0.39, 0.29) is 18.6 Å². The molecular weight excluding hydrogens is 364 g/mol. The van der Waals surface area contributed by atoms with E-state index >= 15 is 0 Å². The number of carbonyl (C=O) groups is 3. The zero-order chi connectivity index (χ0) is 19.7. The van der Waals surface area contributed by atoms with Crippen molar-refractivity contribution in [1.29, 1.82) is 0 Å². The second kappa shape index (κ2) is 10.3. The summed E-state index contributed by atoms with van der Waals surface area (Å²) < 4.78 is 29.9. The van der Waals surface area contributed by atoms with Crippen LogP contribution in [0.2, 0.25) is 0 Å². The van der Waals surface area contributed by atoms with Crippen LogP contribution in [0, 0.1) is 0 Å². The van der Waals surface area contributed by atoms with Gasteiger partial charge in [0.25, 0.3) is 0 Å². The highest BCUT2D eigenvalue weighted by Crippen LogP contribution is 2.17. The predicted octanol–water partition coefficient (Wildman–Crippen LogP) is 0.828. The van der Waals surface area contributed by atoms with E-state index in [9.17, 15) is 27.9 Å². The number of carboxylic acids is 1. The first-order valence-electron chi connectivity index (χ1n) is 8.86. The van der Waals surface area contributed by atoms with Gasteiger partial charge in [-0.25, -0.2) is 18.0 Å². The van der Waals surface area contributed by atoms with Gasteiger partial charge in [0, 0.05) is 6.42 Å². The van der Waals surface area contributed by atoms with Crippen LogP contribution in [0.5, 0.6) is 0 Å². The largest absolute Gasteiger partial charge is 0.480 e. The van der Waals surface area contributed by atoms with Gasteiger partial charge in [-0.15, -0.1) is 0 Å². The molecule has 26 heavy (non-hydrogen) atoms. The third kappa shape index (κ3) is 7.19. The number of amides is 2. The number of carboxylic acid groups (broad SMARTS) is 1. The van der Waals surface area contributed by atoms with Gasteiger partial charge in [0.2, 0.25) is 5.91 Å². The summed E-state index contributed by atoms with van der Waals surface area (Å²) in [5, 5.41) is 13.3. The molecule has 2 atom stereocenters. The van der Waals surface area contributed by atoms with Crippen molar-refractivity contribution in [3.05, 3.63) is 0 Å². The van der Waals surface area contributed by atoms with E-state index in [0.717, 1.165) is 0 Å². The molecule has 2 amide bonds. The molecule has 1 rings (SSSR count). The minimum atomic E-state index is -3.68. The fourth-order valence-electron chi connectivity index (χ4n) is 2.85. The van der Waals surface area contributed by atoms with E-state index in [4.69, 9.17) is 4.74 Å². The van der Waals surface area contributed by atoms with Gasteiger partial charge in [-0.05, 0) is 19.3 Å². The minimum Gasteiger partial charge on any atom is -0.480 e. The molecule has 3 N–H and O–H groups in total. The second-order valence-electron chi connectivity index (χ2n) is 6.47. The normalized spacial score (nSPS) is 18.4. The highest BCUT2D eigenvalue weighted by molar-refractivity contribution is 7.92. The maximum absolute atomic E-state index is 12.5. The molecular formula is C16H28N2O7S. The van der Waals surface area contributed by atoms with Crippen molar-refractivity contribution >= 4 is 27.8 Å². The Morgan fingerprint density at radius 2 is 1.92 bits per heavy atom. The molecule has 1 aliphatic heterocycles. The lowest BCUT2D eigenvalue weighted by Crippen LogP contribution is -2.47. The molecule has 0 aromatic heterocycles. The monoisotopic (exact) mass is 392 g/mol. The van der Waals surface area contributed by atoms with Crippen LogP contribution < -0.4 is 10.6 Å². The Morgan fingerprint density at radius 3 is 2.38 bits per heavy atom. The van der Waals surface area contributed by atoms with E-state index in [0.29, 0.717) is 38.5 Å². The number of aliphatic carboxylic acids is 1. The molecule has 0 aromatic rings. The highest BCUT2D eigenvalue weighted by atomic mass is 32.2. The van der Waals surface area contributed by atoms with E-state index in [1.807, 2.05) is 13.8 Å². The number of alkyl carbamates (subject to hydrolysis) is 1. The summed E-state index contributed by atoms with van der Waals surface area (Å²) in [5.41, 5.74) is 0. The SMILES string of the molecule is CCCC(CCC)S(=O)(=O)C[C@H](NC(=O)OC[C@H]1CCC(=O)N1)C(=O)O. The number of hydrogen-bond donors (Lipinski definition) is 3. The zero-order valence-corrected chi connectivity index (χ0v) is 16.0. The lowest BCUT2D eigenvalue weighted by atomic mass is 10.2. The van der Waals surface area contributed by atoms with Crippen LogP contribution in [0.3, 0.4) is 0 Å². The Bertz CT molecular complexity index is 600. The number of nitrogens with one attached hydrogen (secondary N) is 2. The maximum Gasteiger partial charge on any atom is 0.407 e. The Hall–Kier alpha value is -1.84. The van der Waals surface area contributed by atoms with E-state index in [1.54, 1.807) is 0 Å². The van der Waals surface area contributed by atoms with Crippen LogP contribution in [0.25, 0.3) is 0 Å². The molecule has 0 aliphatic carbocycles. The number of carbonyl (C=O) groups excluding carboxylic acids is 2. The lowest BCUT2D eigenvalue weighted by Gasteiger charge is -2.20. The fraction of sp³-hybridized carbons (Fsp3) is 0.812. The van der Waals surface area contributed by atoms with Gasteiger partial charge in [0.05, 0.1) is 17.0 Å². The Morgan fingerprint density at radius 1 is 1.31 bits per heavy atom. The highest BCUT2D eigenvalue weighted by Gasteiger charge is 2.32. The average Bonchev–Trinajstić information content (AvgIpc) is 2.97. The van der Waals surface area contributed by atoms with Crippen LogP contribution in [-0.4, -0.2) is 61.2 Å². The topological polar surface area (TPSA) is 139 Å². The number of ether oxygens (including phenoxy) is 1. The first kappa shape index (κ1) is 22.2. The third-order valence-electron chi connectivity index (χ3n) is 4.22. The van der Waals surface area contributed by atoms with E-state index in [2.05, 4.69) is 10.6 Å². The average molecular weight is 392 g/mol. The molecule has 0 bridgehead atoms. The molecule has 9 nitrogen and oxygen atoms in total. The molecule has 1 fully saturated rings. The van der Waals surface area contributed by atoms with Gasteiger partial charge in [-0.3, -0.25) is 4.79 Å². The van der Waals surface area contributed by atoms with Crippen molar-refractivity contribution in [2.24, 2.45) is 0 Å². The molecule has 0 spiro atoms. The zero-order valence-electron chi connectivity index (χ0n) is 15.2. The van der Waals surface area contributed by atoms with Crippen molar-refractivity contribution in [2.75, 3.05) is 12.4 Å². The summed E-state index contributed by atoms with van der Waals surface area (Å²) in [7, 11) is -3.68. The molecule has 0 saturated carbocycles. The summed E-state index contributed by atoms with van der Waals surface area (Å²) in [5.74, 6) is -2.25. The Labute approximate surface area is 153 Å². The van der Waals surface area contributed by atoms with Gasteiger partial charge in [-0.1, -0.05) is 26.7 Å². The molecule has 10 heteroatoms. The first-order valence-corrected chi connectivity index (χ1v) is 10.6. The molecule has 0 aromatic carbocycles. The van der Waals surface area contributed by atoms with Crippen LogP contribution in [0.4, 0.5) is 4.79 Å². The van der Waals surface area contributed by atoms with Crippen molar-refractivity contribution in [1.82, 2.24) is 10.6 Å². The Balaban J connectivity index is 2.62. The molecule has 0 radical (unpaired) electrons. The van der Waals surface area contributed by atoms with Crippen molar-refractivity contribution in [3.8, 4) is 0 Å². The number of hydrogen-bond acceptors (Lipinski definition) is 6. The second-order valence-corrected chi connectivity index (χ2v) is 8.79. The number of rotatable bonds is 11. The summed E-state index contributed by atoms with van der Waals surface area (Å²) in [6.07, 6.45) is 2.11. The molecule has 1 saturated heterocycles.